The van der Waals surface area contributed by atoms with E-state index in [0.29, 0.717) is 43.1 Å². The SMILES string of the molecule is Cc1nc2ccc(NC(=O)C3CCN(S(=O)(=O)c4cccnc4)CC3)cc2o1. The van der Waals surface area contributed by atoms with E-state index in [-0.39, 0.29) is 16.7 Å². The highest BCUT2D eigenvalue weighted by Crippen LogP contribution is 2.25. The highest BCUT2D eigenvalue weighted by molar-refractivity contribution is 7.89. The highest BCUT2D eigenvalue weighted by Gasteiger charge is 2.32. The maximum atomic E-state index is 12.7. The summed E-state index contributed by atoms with van der Waals surface area (Å²) in [4.78, 5) is 20.9. The molecule has 4 rings (SSSR count). The normalized spacial score (nSPS) is 16.3. The first-order valence-corrected chi connectivity index (χ1v) is 10.5. The van der Waals surface area contributed by atoms with E-state index in [4.69, 9.17) is 4.42 Å². The van der Waals surface area contributed by atoms with Crippen LogP contribution in [0, 0.1) is 12.8 Å². The number of pyridine rings is 1. The van der Waals surface area contributed by atoms with E-state index in [2.05, 4.69) is 15.3 Å². The van der Waals surface area contributed by atoms with Gasteiger partial charge in [0.1, 0.15) is 10.4 Å². The largest absolute Gasteiger partial charge is 0.441 e. The summed E-state index contributed by atoms with van der Waals surface area (Å²) in [5.41, 5.74) is 2.00. The number of nitrogens with one attached hydrogen (secondary N) is 1. The lowest BCUT2D eigenvalue weighted by atomic mass is 9.97. The van der Waals surface area contributed by atoms with Crippen LogP contribution in [0.25, 0.3) is 11.1 Å². The molecule has 2 aromatic heterocycles. The van der Waals surface area contributed by atoms with E-state index >= 15 is 0 Å². The van der Waals surface area contributed by atoms with Crippen molar-refractivity contribution in [2.24, 2.45) is 5.92 Å². The molecule has 146 valence electrons. The van der Waals surface area contributed by atoms with Gasteiger partial charge in [0.15, 0.2) is 11.5 Å². The van der Waals surface area contributed by atoms with Gasteiger partial charge in [0.25, 0.3) is 0 Å². The Labute approximate surface area is 162 Å². The van der Waals surface area contributed by atoms with Crippen LogP contribution in [-0.4, -0.2) is 41.7 Å². The Morgan fingerprint density at radius 3 is 2.75 bits per heavy atom. The maximum absolute atomic E-state index is 12.7. The molecule has 1 saturated heterocycles. The second kappa shape index (κ2) is 7.33. The molecule has 0 radical (unpaired) electrons. The number of oxazole rings is 1. The van der Waals surface area contributed by atoms with Crippen molar-refractivity contribution in [3.8, 4) is 0 Å². The molecule has 3 aromatic rings. The van der Waals surface area contributed by atoms with Gasteiger partial charge in [0, 0.05) is 50.1 Å². The second-order valence-electron chi connectivity index (χ2n) is 6.77. The van der Waals surface area contributed by atoms with Gasteiger partial charge in [0.2, 0.25) is 15.9 Å². The fourth-order valence-corrected chi connectivity index (χ4v) is 4.80. The molecule has 1 aliphatic rings. The molecule has 8 nitrogen and oxygen atoms in total. The smallest absolute Gasteiger partial charge is 0.244 e. The summed E-state index contributed by atoms with van der Waals surface area (Å²) in [6.45, 7) is 2.37. The molecule has 0 atom stereocenters. The van der Waals surface area contributed by atoms with Gasteiger partial charge in [-0.05, 0) is 37.1 Å². The zero-order valence-electron chi connectivity index (χ0n) is 15.3. The van der Waals surface area contributed by atoms with Crippen molar-refractivity contribution >= 4 is 32.7 Å². The van der Waals surface area contributed by atoms with Crippen LogP contribution >= 0.6 is 0 Å². The van der Waals surface area contributed by atoms with Crippen molar-refractivity contribution in [1.82, 2.24) is 14.3 Å². The first-order valence-electron chi connectivity index (χ1n) is 9.02. The van der Waals surface area contributed by atoms with E-state index in [1.807, 2.05) is 0 Å². The number of anilines is 1. The quantitative estimate of drug-likeness (QED) is 0.722. The molecule has 1 aliphatic heterocycles. The number of nitrogens with zero attached hydrogens (tertiary/aromatic N) is 3. The number of piperidine rings is 1. The Hall–Kier alpha value is -2.78. The van der Waals surface area contributed by atoms with Gasteiger partial charge < -0.3 is 9.73 Å². The molecule has 0 bridgehead atoms. The zero-order valence-corrected chi connectivity index (χ0v) is 16.1. The summed E-state index contributed by atoms with van der Waals surface area (Å²) in [5.74, 6) is 0.210. The summed E-state index contributed by atoms with van der Waals surface area (Å²) in [6, 6.07) is 8.45. The van der Waals surface area contributed by atoms with Crippen molar-refractivity contribution in [2.45, 2.75) is 24.7 Å². The number of amides is 1. The third-order valence-electron chi connectivity index (χ3n) is 4.86. The third kappa shape index (κ3) is 3.63. The van der Waals surface area contributed by atoms with E-state index in [9.17, 15) is 13.2 Å². The number of hydrogen-bond donors (Lipinski definition) is 1. The zero-order chi connectivity index (χ0) is 19.7. The van der Waals surface area contributed by atoms with Crippen molar-refractivity contribution < 1.29 is 17.6 Å². The second-order valence-corrected chi connectivity index (χ2v) is 8.71. The lowest BCUT2D eigenvalue weighted by Crippen LogP contribution is -2.41. The van der Waals surface area contributed by atoms with Gasteiger partial charge >= 0.3 is 0 Å². The Balaban J connectivity index is 1.39. The van der Waals surface area contributed by atoms with Gasteiger partial charge in [-0.25, -0.2) is 13.4 Å². The Morgan fingerprint density at radius 1 is 1.25 bits per heavy atom. The topological polar surface area (TPSA) is 105 Å². The van der Waals surface area contributed by atoms with Crippen LogP contribution in [-0.2, 0) is 14.8 Å². The molecule has 0 saturated carbocycles. The number of rotatable bonds is 4. The number of benzene rings is 1. The molecular formula is C19H20N4O4S. The van der Waals surface area contributed by atoms with Gasteiger partial charge in [-0.1, -0.05) is 0 Å². The number of carbonyl (C=O) groups excluding carboxylic acids is 1. The third-order valence-corrected chi connectivity index (χ3v) is 6.74. The molecule has 9 heteroatoms. The average molecular weight is 400 g/mol. The summed E-state index contributed by atoms with van der Waals surface area (Å²) in [5, 5.41) is 2.89. The van der Waals surface area contributed by atoms with Crippen molar-refractivity contribution in [1.29, 1.82) is 0 Å². The number of carbonyl (C=O) groups is 1. The van der Waals surface area contributed by atoms with Crippen LogP contribution < -0.4 is 5.32 Å². The standard InChI is InChI=1S/C19H20N4O4S/c1-13-21-17-5-4-15(11-18(17)27-13)22-19(24)14-6-9-23(10-7-14)28(25,26)16-3-2-8-20-12-16/h2-5,8,11-12,14H,6-7,9-10H2,1H3,(H,22,24). The Bertz CT molecular complexity index is 1100. The van der Waals surface area contributed by atoms with Gasteiger partial charge in [-0.15, -0.1) is 0 Å². The van der Waals surface area contributed by atoms with Crippen molar-refractivity contribution in [2.75, 3.05) is 18.4 Å². The first-order chi connectivity index (χ1) is 13.4. The van der Waals surface area contributed by atoms with Gasteiger partial charge in [-0.3, -0.25) is 9.78 Å². The fraction of sp³-hybridized carbons (Fsp3) is 0.316. The minimum atomic E-state index is -3.57. The van der Waals surface area contributed by atoms with Crippen molar-refractivity contribution in [3.05, 3.63) is 48.6 Å². The molecule has 0 spiro atoms. The molecule has 3 heterocycles. The predicted octanol–water partition coefficient (Wildman–Crippen LogP) is 2.57. The van der Waals surface area contributed by atoms with Crippen LogP contribution in [0.4, 0.5) is 5.69 Å². The number of sulfonamides is 1. The van der Waals surface area contributed by atoms with E-state index in [0.717, 1.165) is 5.52 Å². The van der Waals surface area contributed by atoms with Crippen LogP contribution in [0.2, 0.25) is 0 Å². The van der Waals surface area contributed by atoms with Gasteiger partial charge in [-0.2, -0.15) is 4.31 Å². The van der Waals surface area contributed by atoms with Crippen LogP contribution in [0.5, 0.6) is 0 Å². The summed E-state index contributed by atoms with van der Waals surface area (Å²) < 4.78 is 32.2. The molecule has 0 aliphatic carbocycles. The minimum absolute atomic E-state index is 0.117. The van der Waals surface area contributed by atoms with Crippen LogP contribution in [0.15, 0.2) is 52.0 Å². The summed E-state index contributed by atoms with van der Waals surface area (Å²) >= 11 is 0. The van der Waals surface area contributed by atoms with E-state index in [1.54, 1.807) is 31.2 Å². The van der Waals surface area contributed by atoms with Crippen LogP contribution in [0.3, 0.4) is 0 Å². The summed E-state index contributed by atoms with van der Waals surface area (Å²) in [6.07, 6.45) is 3.81. The maximum Gasteiger partial charge on any atom is 0.244 e. The van der Waals surface area contributed by atoms with E-state index in [1.165, 1.54) is 22.8 Å². The lowest BCUT2D eigenvalue weighted by molar-refractivity contribution is -0.120. The summed E-state index contributed by atoms with van der Waals surface area (Å²) in [7, 11) is -3.57. The Morgan fingerprint density at radius 2 is 2.04 bits per heavy atom. The Kier molecular flexibility index (Phi) is 4.86. The van der Waals surface area contributed by atoms with Crippen molar-refractivity contribution in [3.63, 3.8) is 0 Å². The number of hydrogen-bond acceptors (Lipinski definition) is 6. The number of aryl methyl sites for hydroxylation is 1. The molecule has 1 N–H and O–H groups in total. The predicted molar refractivity (Wildman–Crippen MR) is 103 cm³/mol. The molecular weight excluding hydrogens is 380 g/mol. The fourth-order valence-electron chi connectivity index (χ4n) is 3.37. The molecule has 1 amide bonds. The lowest BCUT2D eigenvalue weighted by Gasteiger charge is -2.30. The van der Waals surface area contributed by atoms with Gasteiger partial charge in [0.05, 0.1) is 0 Å². The monoisotopic (exact) mass is 400 g/mol. The average Bonchev–Trinajstić information content (AvgIpc) is 3.08. The minimum Gasteiger partial charge on any atom is -0.441 e. The molecule has 1 aromatic carbocycles. The molecule has 1 fully saturated rings. The number of fused-ring (bicyclic) bond motifs is 1. The molecule has 0 unspecified atom stereocenters. The van der Waals surface area contributed by atoms with E-state index < -0.39 is 10.0 Å². The highest BCUT2D eigenvalue weighted by atomic mass is 32.2. The van der Waals surface area contributed by atoms with Crippen LogP contribution in [0.1, 0.15) is 18.7 Å². The first kappa shape index (κ1) is 18.6. The number of aromatic nitrogens is 2. The molecule has 28 heavy (non-hydrogen) atoms.